The Morgan fingerprint density at radius 1 is 1.08 bits per heavy atom. The first-order valence-electron chi connectivity index (χ1n) is 7.71. The molecule has 0 saturated heterocycles. The van der Waals surface area contributed by atoms with Crippen LogP contribution in [0, 0.1) is 0 Å². The standard InChI is InChI=1S/C18H22N2O3S.ClH/c1-13(2)24(22,23)12-14-7-6-10-16(11-14)20-18(21)17(19)15-8-4-3-5-9-15;/h3-11,13,17H,12,19H2,1-2H3,(H,20,21);1H. The molecule has 7 heteroatoms. The van der Waals surface area contributed by atoms with Crippen molar-refractivity contribution in [2.45, 2.75) is 30.9 Å². The maximum absolute atomic E-state index is 12.3. The molecule has 0 spiro atoms. The lowest BCUT2D eigenvalue weighted by molar-refractivity contribution is -0.117. The normalized spacial score (nSPS) is 12.3. The minimum Gasteiger partial charge on any atom is -0.324 e. The lowest BCUT2D eigenvalue weighted by Gasteiger charge is -2.13. The number of amides is 1. The number of hydrogen-bond donors (Lipinski definition) is 2. The molecule has 0 aliphatic carbocycles. The maximum atomic E-state index is 12.3. The van der Waals surface area contributed by atoms with Gasteiger partial charge in [0.25, 0.3) is 0 Å². The van der Waals surface area contributed by atoms with Gasteiger partial charge in [0.05, 0.1) is 11.0 Å². The summed E-state index contributed by atoms with van der Waals surface area (Å²) in [7, 11) is -3.19. The Labute approximate surface area is 155 Å². The molecule has 0 aliphatic rings. The van der Waals surface area contributed by atoms with Gasteiger partial charge in [-0.3, -0.25) is 4.79 Å². The summed E-state index contributed by atoms with van der Waals surface area (Å²) in [6, 6.07) is 15.1. The Balaban J connectivity index is 0.00000312. The topological polar surface area (TPSA) is 89.3 Å². The van der Waals surface area contributed by atoms with E-state index in [-0.39, 0.29) is 24.1 Å². The van der Waals surface area contributed by atoms with Crippen molar-refractivity contribution < 1.29 is 13.2 Å². The van der Waals surface area contributed by atoms with Gasteiger partial charge in [-0.1, -0.05) is 42.5 Å². The summed E-state index contributed by atoms with van der Waals surface area (Å²) in [6.45, 7) is 3.31. The largest absolute Gasteiger partial charge is 0.324 e. The average molecular weight is 383 g/mol. The number of halogens is 1. The van der Waals surface area contributed by atoms with E-state index in [1.54, 1.807) is 50.2 Å². The van der Waals surface area contributed by atoms with E-state index in [1.807, 2.05) is 18.2 Å². The number of carbonyl (C=O) groups is 1. The summed E-state index contributed by atoms with van der Waals surface area (Å²) in [5, 5.41) is 2.29. The highest BCUT2D eigenvalue weighted by atomic mass is 35.5. The first-order valence-corrected chi connectivity index (χ1v) is 9.43. The molecule has 0 fully saturated rings. The van der Waals surface area contributed by atoms with Gasteiger partial charge in [0, 0.05) is 5.69 Å². The first-order chi connectivity index (χ1) is 11.3. The van der Waals surface area contributed by atoms with Crippen molar-refractivity contribution in [3.63, 3.8) is 0 Å². The highest BCUT2D eigenvalue weighted by Gasteiger charge is 2.18. The average Bonchev–Trinajstić information content (AvgIpc) is 2.54. The van der Waals surface area contributed by atoms with Crippen LogP contribution in [0.2, 0.25) is 0 Å². The summed E-state index contributed by atoms with van der Waals surface area (Å²) < 4.78 is 24.0. The molecular formula is C18H23ClN2O3S. The smallest absolute Gasteiger partial charge is 0.245 e. The molecule has 1 atom stereocenters. The second kappa shape index (κ2) is 8.99. The van der Waals surface area contributed by atoms with Gasteiger partial charge < -0.3 is 11.1 Å². The van der Waals surface area contributed by atoms with Crippen LogP contribution in [0.25, 0.3) is 0 Å². The molecule has 0 saturated carbocycles. The molecule has 2 aromatic carbocycles. The van der Waals surface area contributed by atoms with Gasteiger partial charge >= 0.3 is 0 Å². The predicted molar refractivity (Wildman–Crippen MR) is 103 cm³/mol. The summed E-state index contributed by atoms with van der Waals surface area (Å²) in [4.78, 5) is 12.3. The molecule has 1 unspecified atom stereocenters. The quantitative estimate of drug-likeness (QED) is 0.803. The molecule has 0 heterocycles. The van der Waals surface area contributed by atoms with E-state index in [9.17, 15) is 13.2 Å². The van der Waals surface area contributed by atoms with Gasteiger partial charge in [0.2, 0.25) is 5.91 Å². The van der Waals surface area contributed by atoms with Crippen molar-refractivity contribution in [1.29, 1.82) is 0 Å². The van der Waals surface area contributed by atoms with Crippen molar-refractivity contribution >= 4 is 33.8 Å². The van der Waals surface area contributed by atoms with Crippen LogP contribution < -0.4 is 11.1 Å². The highest BCUT2D eigenvalue weighted by molar-refractivity contribution is 7.91. The number of hydrogen-bond acceptors (Lipinski definition) is 4. The predicted octanol–water partition coefficient (Wildman–Crippen LogP) is 3.07. The van der Waals surface area contributed by atoms with Crippen LogP contribution >= 0.6 is 12.4 Å². The van der Waals surface area contributed by atoms with Crippen molar-refractivity contribution in [3.8, 4) is 0 Å². The van der Waals surface area contributed by atoms with Gasteiger partial charge in [0.15, 0.2) is 9.84 Å². The Bertz CT molecular complexity index is 808. The summed E-state index contributed by atoms with van der Waals surface area (Å²) in [6.07, 6.45) is 0. The van der Waals surface area contributed by atoms with E-state index in [4.69, 9.17) is 5.73 Å². The fourth-order valence-corrected chi connectivity index (χ4v) is 3.15. The third kappa shape index (κ3) is 5.85. The van der Waals surface area contributed by atoms with Crippen molar-refractivity contribution in [2.24, 2.45) is 5.73 Å². The molecule has 25 heavy (non-hydrogen) atoms. The van der Waals surface area contributed by atoms with Gasteiger partial charge in [-0.25, -0.2) is 8.42 Å². The summed E-state index contributed by atoms with van der Waals surface area (Å²) in [5.74, 6) is -0.399. The molecule has 3 N–H and O–H groups in total. The van der Waals surface area contributed by atoms with E-state index >= 15 is 0 Å². The fourth-order valence-electron chi connectivity index (χ4n) is 2.17. The van der Waals surface area contributed by atoms with Crippen LogP contribution in [-0.2, 0) is 20.4 Å². The Hall–Kier alpha value is -1.89. The number of carbonyl (C=O) groups excluding carboxylic acids is 1. The molecule has 0 bridgehead atoms. The Morgan fingerprint density at radius 3 is 2.32 bits per heavy atom. The van der Waals surface area contributed by atoms with Gasteiger partial charge in [-0.05, 0) is 37.1 Å². The van der Waals surface area contributed by atoms with Gasteiger partial charge in [-0.15, -0.1) is 12.4 Å². The highest BCUT2D eigenvalue weighted by Crippen LogP contribution is 2.18. The Morgan fingerprint density at radius 2 is 1.72 bits per heavy atom. The zero-order valence-corrected chi connectivity index (χ0v) is 15.8. The van der Waals surface area contributed by atoms with Gasteiger partial charge in [0.1, 0.15) is 6.04 Å². The molecule has 5 nitrogen and oxygen atoms in total. The second-order valence-electron chi connectivity index (χ2n) is 5.93. The number of nitrogens with two attached hydrogens (primary N) is 1. The van der Waals surface area contributed by atoms with E-state index in [2.05, 4.69) is 5.32 Å². The molecule has 1 amide bonds. The van der Waals surface area contributed by atoms with Crippen LogP contribution in [0.1, 0.15) is 31.0 Å². The van der Waals surface area contributed by atoms with Gasteiger partial charge in [-0.2, -0.15) is 0 Å². The molecule has 0 aromatic heterocycles. The maximum Gasteiger partial charge on any atom is 0.245 e. The summed E-state index contributed by atoms with van der Waals surface area (Å²) >= 11 is 0. The fraction of sp³-hybridized carbons (Fsp3) is 0.278. The molecule has 0 aliphatic heterocycles. The van der Waals surface area contributed by atoms with Crippen molar-refractivity contribution in [2.75, 3.05) is 5.32 Å². The van der Waals surface area contributed by atoms with Crippen LogP contribution in [0.4, 0.5) is 5.69 Å². The number of nitrogens with one attached hydrogen (secondary N) is 1. The van der Waals surface area contributed by atoms with Crippen LogP contribution in [0.5, 0.6) is 0 Å². The first kappa shape index (κ1) is 21.2. The van der Waals surface area contributed by atoms with Crippen molar-refractivity contribution in [1.82, 2.24) is 0 Å². The number of anilines is 1. The van der Waals surface area contributed by atoms with E-state index < -0.39 is 21.1 Å². The second-order valence-corrected chi connectivity index (χ2v) is 8.49. The number of benzene rings is 2. The van der Waals surface area contributed by atoms with Crippen LogP contribution in [0.3, 0.4) is 0 Å². The monoisotopic (exact) mass is 382 g/mol. The zero-order valence-electron chi connectivity index (χ0n) is 14.2. The third-order valence-corrected chi connectivity index (χ3v) is 5.89. The molecule has 136 valence electrons. The summed E-state index contributed by atoms with van der Waals surface area (Å²) in [5.41, 5.74) is 7.84. The van der Waals surface area contributed by atoms with E-state index in [0.29, 0.717) is 16.8 Å². The van der Waals surface area contributed by atoms with E-state index in [1.165, 1.54) is 0 Å². The minimum atomic E-state index is -3.19. The Kier molecular flexibility index (Phi) is 7.60. The lowest BCUT2D eigenvalue weighted by Crippen LogP contribution is -2.27. The molecule has 2 rings (SSSR count). The lowest BCUT2D eigenvalue weighted by atomic mass is 10.1. The zero-order chi connectivity index (χ0) is 17.7. The number of rotatable bonds is 6. The van der Waals surface area contributed by atoms with Crippen LogP contribution in [-0.4, -0.2) is 19.6 Å². The minimum absolute atomic E-state index is 0. The SMILES string of the molecule is CC(C)S(=O)(=O)Cc1cccc(NC(=O)C(N)c2ccccc2)c1.Cl. The van der Waals surface area contributed by atoms with Crippen LogP contribution in [0.15, 0.2) is 54.6 Å². The molecule has 0 radical (unpaired) electrons. The third-order valence-electron chi connectivity index (χ3n) is 3.72. The van der Waals surface area contributed by atoms with Crippen molar-refractivity contribution in [3.05, 3.63) is 65.7 Å². The van der Waals surface area contributed by atoms with E-state index in [0.717, 1.165) is 0 Å². The molecular weight excluding hydrogens is 360 g/mol. The number of sulfone groups is 1. The molecule has 2 aromatic rings.